The summed E-state index contributed by atoms with van der Waals surface area (Å²) in [5.74, 6) is 0.258. The van der Waals surface area contributed by atoms with Crippen LogP contribution in [0.25, 0.3) is 5.69 Å². The van der Waals surface area contributed by atoms with Crippen molar-refractivity contribution in [2.24, 2.45) is 5.92 Å². The number of nitrogens with zero attached hydrogens (tertiary/aromatic N) is 2. The highest BCUT2D eigenvalue weighted by Crippen LogP contribution is 2.20. The number of hydrogen-bond donors (Lipinski definition) is 1. The van der Waals surface area contributed by atoms with Crippen LogP contribution >= 0.6 is 11.6 Å². The summed E-state index contributed by atoms with van der Waals surface area (Å²) in [6, 6.07) is 6.21. The SMILES string of the molecule is CC(C)CNCc1ccn(-c2ccc(F)cc2Cl)n1. The van der Waals surface area contributed by atoms with Crippen molar-refractivity contribution in [2.45, 2.75) is 20.4 Å². The molecule has 102 valence electrons. The summed E-state index contributed by atoms with van der Waals surface area (Å²) in [6.07, 6.45) is 1.82. The number of benzene rings is 1. The Morgan fingerprint density at radius 2 is 2.16 bits per heavy atom. The van der Waals surface area contributed by atoms with E-state index in [0.29, 0.717) is 23.2 Å². The van der Waals surface area contributed by atoms with Crippen molar-refractivity contribution in [3.8, 4) is 5.69 Å². The molecular weight excluding hydrogens is 265 g/mol. The topological polar surface area (TPSA) is 29.9 Å². The summed E-state index contributed by atoms with van der Waals surface area (Å²) in [5, 5.41) is 8.09. The quantitative estimate of drug-likeness (QED) is 0.910. The van der Waals surface area contributed by atoms with Crippen LogP contribution < -0.4 is 5.32 Å². The number of aromatic nitrogens is 2. The Morgan fingerprint density at radius 1 is 1.37 bits per heavy atom. The molecule has 0 fully saturated rings. The van der Waals surface area contributed by atoms with E-state index in [9.17, 15) is 4.39 Å². The number of hydrogen-bond acceptors (Lipinski definition) is 2. The molecule has 0 bridgehead atoms. The lowest BCUT2D eigenvalue weighted by molar-refractivity contribution is 0.546. The van der Waals surface area contributed by atoms with Crippen LogP contribution in [0.3, 0.4) is 0 Å². The maximum Gasteiger partial charge on any atom is 0.124 e. The molecule has 1 aromatic carbocycles. The lowest BCUT2D eigenvalue weighted by atomic mass is 10.2. The molecule has 0 aliphatic rings. The van der Waals surface area contributed by atoms with Crippen LogP contribution in [0.5, 0.6) is 0 Å². The van der Waals surface area contributed by atoms with Gasteiger partial charge in [0.1, 0.15) is 5.82 Å². The fourth-order valence-electron chi connectivity index (χ4n) is 1.75. The average Bonchev–Trinajstić information content (AvgIpc) is 2.77. The van der Waals surface area contributed by atoms with Crippen molar-refractivity contribution >= 4 is 11.6 Å². The van der Waals surface area contributed by atoms with Crippen molar-refractivity contribution in [1.29, 1.82) is 0 Å². The predicted molar refractivity (Wildman–Crippen MR) is 75.1 cm³/mol. The van der Waals surface area contributed by atoms with Crippen LogP contribution in [0.4, 0.5) is 4.39 Å². The Bertz CT molecular complexity index is 551. The third-order valence-electron chi connectivity index (χ3n) is 2.66. The number of halogens is 2. The first-order valence-corrected chi connectivity index (χ1v) is 6.64. The van der Waals surface area contributed by atoms with Gasteiger partial charge in [-0.1, -0.05) is 25.4 Å². The number of rotatable bonds is 5. The third-order valence-corrected chi connectivity index (χ3v) is 2.96. The largest absolute Gasteiger partial charge is 0.311 e. The minimum Gasteiger partial charge on any atom is -0.311 e. The van der Waals surface area contributed by atoms with E-state index in [4.69, 9.17) is 11.6 Å². The Morgan fingerprint density at radius 3 is 2.84 bits per heavy atom. The Kier molecular flexibility index (Phi) is 4.56. The van der Waals surface area contributed by atoms with E-state index in [-0.39, 0.29) is 5.82 Å². The molecule has 5 heteroatoms. The van der Waals surface area contributed by atoms with Crippen LogP contribution in [0.1, 0.15) is 19.5 Å². The van der Waals surface area contributed by atoms with Gasteiger partial charge < -0.3 is 5.32 Å². The highest BCUT2D eigenvalue weighted by Gasteiger charge is 2.06. The van der Waals surface area contributed by atoms with Crippen LogP contribution in [0, 0.1) is 11.7 Å². The molecule has 0 unspecified atom stereocenters. The lowest BCUT2D eigenvalue weighted by Crippen LogP contribution is -2.19. The van der Waals surface area contributed by atoms with Gasteiger partial charge >= 0.3 is 0 Å². The Hall–Kier alpha value is -1.39. The summed E-state index contributed by atoms with van der Waals surface area (Å²) in [5.41, 5.74) is 1.61. The highest BCUT2D eigenvalue weighted by atomic mass is 35.5. The van der Waals surface area contributed by atoms with Gasteiger partial charge in [-0.15, -0.1) is 0 Å². The van der Waals surface area contributed by atoms with Gasteiger partial charge in [0.2, 0.25) is 0 Å². The molecule has 3 nitrogen and oxygen atoms in total. The van der Waals surface area contributed by atoms with Crippen molar-refractivity contribution in [2.75, 3.05) is 6.54 Å². The summed E-state index contributed by atoms with van der Waals surface area (Å²) < 4.78 is 14.6. The van der Waals surface area contributed by atoms with Crippen molar-refractivity contribution in [1.82, 2.24) is 15.1 Å². The maximum absolute atomic E-state index is 13.0. The number of nitrogens with one attached hydrogen (secondary N) is 1. The molecule has 0 spiro atoms. The van der Waals surface area contributed by atoms with E-state index in [1.165, 1.54) is 12.1 Å². The van der Waals surface area contributed by atoms with Gasteiger partial charge in [-0.3, -0.25) is 0 Å². The molecule has 0 saturated carbocycles. The van der Waals surface area contributed by atoms with E-state index in [1.54, 1.807) is 10.7 Å². The summed E-state index contributed by atoms with van der Waals surface area (Å²) >= 11 is 6.00. The van der Waals surface area contributed by atoms with E-state index in [0.717, 1.165) is 12.2 Å². The van der Waals surface area contributed by atoms with Crippen LogP contribution in [-0.4, -0.2) is 16.3 Å². The minimum absolute atomic E-state index is 0.347. The highest BCUT2D eigenvalue weighted by molar-refractivity contribution is 6.32. The van der Waals surface area contributed by atoms with Crippen LogP contribution in [0.2, 0.25) is 5.02 Å². The maximum atomic E-state index is 13.0. The van der Waals surface area contributed by atoms with E-state index in [2.05, 4.69) is 24.3 Å². The first kappa shape index (κ1) is 14.0. The molecule has 0 radical (unpaired) electrons. The van der Waals surface area contributed by atoms with Gasteiger partial charge in [-0.05, 0) is 36.7 Å². The van der Waals surface area contributed by atoms with Gasteiger partial charge in [0.05, 0.1) is 16.4 Å². The second-order valence-corrected chi connectivity index (χ2v) is 5.28. The van der Waals surface area contributed by atoms with E-state index >= 15 is 0 Å². The Labute approximate surface area is 117 Å². The predicted octanol–water partition coefficient (Wildman–Crippen LogP) is 3.41. The molecule has 0 atom stereocenters. The zero-order chi connectivity index (χ0) is 13.8. The zero-order valence-corrected chi connectivity index (χ0v) is 11.8. The summed E-state index contributed by atoms with van der Waals surface area (Å²) in [7, 11) is 0. The van der Waals surface area contributed by atoms with Gasteiger partial charge in [0.25, 0.3) is 0 Å². The molecule has 1 N–H and O–H groups in total. The lowest BCUT2D eigenvalue weighted by Gasteiger charge is -2.06. The standard InChI is InChI=1S/C14H17ClFN3/c1-10(2)8-17-9-12-5-6-19(18-12)14-4-3-11(16)7-13(14)15/h3-7,10,17H,8-9H2,1-2H3. The van der Waals surface area contributed by atoms with Crippen molar-refractivity contribution in [3.63, 3.8) is 0 Å². The fourth-order valence-corrected chi connectivity index (χ4v) is 2.00. The normalized spacial score (nSPS) is 11.2. The van der Waals surface area contributed by atoms with Gasteiger partial charge in [0.15, 0.2) is 0 Å². The molecule has 19 heavy (non-hydrogen) atoms. The third kappa shape index (κ3) is 3.78. The summed E-state index contributed by atoms with van der Waals surface area (Å²) in [6.45, 7) is 5.97. The molecule has 1 aromatic heterocycles. The van der Waals surface area contributed by atoms with Crippen molar-refractivity contribution < 1.29 is 4.39 Å². The van der Waals surface area contributed by atoms with Gasteiger partial charge in [-0.2, -0.15) is 5.10 Å². The second kappa shape index (κ2) is 6.17. The average molecular weight is 282 g/mol. The molecule has 1 heterocycles. The molecule has 0 saturated heterocycles. The van der Waals surface area contributed by atoms with Crippen LogP contribution in [-0.2, 0) is 6.54 Å². The molecule has 0 amide bonds. The van der Waals surface area contributed by atoms with E-state index < -0.39 is 0 Å². The molecule has 2 rings (SSSR count). The molecule has 0 aliphatic carbocycles. The van der Waals surface area contributed by atoms with E-state index in [1.807, 2.05) is 12.3 Å². The molecule has 2 aromatic rings. The first-order chi connectivity index (χ1) is 9.06. The summed E-state index contributed by atoms with van der Waals surface area (Å²) in [4.78, 5) is 0. The fraction of sp³-hybridized carbons (Fsp3) is 0.357. The minimum atomic E-state index is -0.347. The molecular formula is C14H17ClFN3. The monoisotopic (exact) mass is 281 g/mol. The molecule has 0 aliphatic heterocycles. The Balaban J connectivity index is 2.08. The van der Waals surface area contributed by atoms with Gasteiger partial charge in [-0.25, -0.2) is 9.07 Å². The van der Waals surface area contributed by atoms with Crippen molar-refractivity contribution in [3.05, 3.63) is 47.0 Å². The smallest absolute Gasteiger partial charge is 0.124 e. The second-order valence-electron chi connectivity index (χ2n) is 4.87. The van der Waals surface area contributed by atoms with Gasteiger partial charge in [0, 0.05) is 12.7 Å². The first-order valence-electron chi connectivity index (χ1n) is 6.27. The van der Waals surface area contributed by atoms with Crippen LogP contribution in [0.15, 0.2) is 30.5 Å². The zero-order valence-electron chi connectivity index (χ0n) is 11.0.